The van der Waals surface area contributed by atoms with Gasteiger partial charge in [0.1, 0.15) is 17.5 Å². The van der Waals surface area contributed by atoms with Crippen LogP contribution in [0.15, 0.2) is 18.2 Å². The van der Waals surface area contributed by atoms with Gasteiger partial charge in [-0.25, -0.2) is 8.78 Å². The van der Waals surface area contributed by atoms with Crippen LogP contribution in [0.25, 0.3) is 0 Å². The number of hydrogen-bond donors (Lipinski definition) is 0. The lowest BCUT2D eigenvalue weighted by Crippen LogP contribution is -2.35. The van der Waals surface area contributed by atoms with E-state index >= 15 is 0 Å². The molecule has 1 aromatic heterocycles. The minimum Gasteiger partial charge on any atom is -0.305 e. The Balaban J connectivity index is 1.76. The van der Waals surface area contributed by atoms with Crippen LogP contribution >= 0.6 is 0 Å². The van der Waals surface area contributed by atoms with E-state index in [1.54, 1.807) is 4.90 Å². The SMILES string of the molecule is Fc1ccc(CN2CCn3c(nnc3C(F)(F)F)C2)c(F)c1. The molecule has 9 heteroatoms. The first-order valence-electron chi connectivity index (χ1n) is 6.50. The van der Waals surface area contributed by atoms with E-state index in [1.165, 1.54) is 6.07 Å². The highest BCUT2D eigenvalue weighted by molar-refractivity contribution is 5.18. The van der Waals surface area contributed by atoms with Crippen molar-refractivity contribution >= 4 is 0 Å². The lowest BCUT2D eigenvalue weighted by molar-refractivity contribution is -0.148. The normalized spacial score (nSPS) is 15.9. The van der Waals surface area contributed by atoms with Crippen LogP contribution in [0.4, 0.5) is 22.0 Å². The van der Waals surface area contributed by atoms with Crippen molar-refractivity contribution in [1.82, 2.24) is 19.7 Å². The number of alkyl halides is 3. The third kappa shape index (κ3) is 2.80. The van der Waals surface area contributed by atoms with Crippen molar-refractivity contribution in [2.24, 2.45) is 0 Å². The number of hydrogen-bond acceptors (Lipinski definition) is 3. The van der Waals surface area contributed by atoms with Crippen molar-refractivity contribution in [3.8, 4) is 0 Å². The monoisotopic (exact) mass is 318 g/mol. The van der Waals surface area contributed by atoms with E-state index in [4.69, 9.17) is 0 Å². The summed E-state index contributed by atoms with van der Waals surface area (Å²) in [5.41, 5.74) is 0.283. The molecule has 1 aliphatic rings. The van der Waals surface area contributed by atoms with Gasteiger partial charge in [0.15, 0.2) is 0 Å². The van der Waals surface area contributed by atoms with Crippen LogP contribution in [0.3, 0.4) is 0 Å². The number of aromatic nitrogens is 3. The van der Waals surface area contributed by atoms with Crippen LogP contribution in [-0.2, 0) is 25.8 Å². The van der Waals surface area contributed by atoms with Gasteiger partial charge in [0, 0.05) is 31.3 Å². The van der Waals surface area contributed by atoms with E-state index in [-0.39, 0.29) is 31.0 Å². The molecule has 1 aliphatic heterocycles. The Kier molecular flexibility index (Phi) is 3.59. The summed E-state index contributed by atoms with van der Waals surface area (Å²) >= 11 is 0. The topological polar surface area (TPSA) is 34.0 Å². The fourth-order valence-corrected chi connectivity index (χ4v) is 2.44. The lowest BCUT2D eigenvalue weighted by atomic mass is 10.2. The summed E-state index contributed by atoms with van der Waals surface area (Å²) in [4.78, 5) is 1.74. The Morgan fingerprint density at radius 1 is 1.09 bits per heavy atom. The van der Waals surface area contributed by atoms with Gasteiger partial charge < -0.3 is 4.57 Å². The molecule has 0 amide bonds. The van der Waals surface area contributed by atoms with Crippen molar-refractivity contribution in [3.05, 3.63) is 47.0 Å². The Hall–Kier alpha value is -2.03. The molecule has 1 aromatic carbocycles. The molecule has 4 nitrogen and oxygen atoms in total. The predicted molar refractivity (Wildman–Crippen MR) is 65.5 cm³/mol. The summed E-state index contributed by atoms with van der Waals surface area (Å²) in [5, 5.41) is 6.73. The van der Waals surface area contributed by atoms with Gasteiger partial charge in [0.2, 0.25) is 5.82 Å². The molecule has 2 heterocycles. The molecule has 0 atom stereocenters. The van der Waals surface area contributed by atoms with Crippen LogP contribution in [0.1, 0.15) is 17.2 Å². The highest BCUT2D eigenvalue weighted by Crippen LogP contribution is 2.29. The van der Waals surface area contributed by atoms with Crippen LogP contribution in [0.5, 0.6) is 0 Å². The van der Waals surface area contributed by atoms with E-state index in [0.29, 0.717) is 6.54 Å². The third-order valence-electron chi connectivity index (χ3n) is 3.49. The summed E-state index contributed by atoms with van der Waals surface area (Å²) in [6.45, 7) is 0.658. The molecular formula is C13H11F5N4. The van der Waals surface area contributed by atoms with Crippen LogP contribution in [-0.4, -0.2) is 26.2 Å². The summed E-state index contributed by atoms with van der Waals surface area (Å²) in [5.74, 6) is -2.19. The lowest BCUT2D eigenvalue weighted by Gasteiger charge is -2.28. The van der Waals surface area contributed by atoms with Crippen molar-refractivity contribution in [2.45, 2.75) is 25.8 Å². The zero-order valence-corrected chi connectivity index (χ0v) is 11.2. The zero-order valence-electron chi connectivity index (χ0n) is 11.2. The molecule has 0 saturated heterocycles. The first kappa shape index (κ1) is 14.9. The molecular weight excluding hydrogens is 307 g/mol. The number of halogens is 5. The third-order valence-corrected chi connectivity index (χ3v) is 3.49. The second kappa shape index (κ2) is 5.31. The fraction of sp³-hybridized carbons (Fsp3) is 0.385. The number of nitrogens with zero attached hydrogens (tertiary/aromatic N) is 4. The maximum atomic E-state index is 13.6. The Labute approximate surface area is 122 Å². The number of rotatable bonds is 2. The second-order valence-electron chi connectivity index (χ2n) is 5.04. The van der Waals surface area contributed by atoms with Gasteiger partial charge in [-0.15, -0.1) is 10.2 Å². The van der Waals surface area contributed by atoms with Crippen molar-refractivity contribution < 1.29 is 22.0 Å². The first-order chi connectivity index (χ1) is 10.3. The minimum atomic E-state index is -4.55. The Morgan fingerprint density at radius 3 is 2.55 bits per heavy atom. The Morgan fingerprint density at radius 2 is 1.86 bits per heavy atom. The molecule has 0 aliphatic carbocycles. The summed E-state index contributed by atoms with van der Waals surface area (Å²) in [6, 6.07) is 3.25. The van der Waals surface area contributed by atoms with E-state index < -0.39 is 23.6 Å². The van der Waals surface area contributed by atoms with Crippen LogP contribution in [0, 0.1) is 11.6 Å². The molecule has 3 rings (SSSR count). The van der Waals surface area contributed by atoms with E-state index in [1.807, 2.05) is 0 Å². The zero-order chi connectivity index (χ0) is 15.9. The summed E-state index contributed by atoms with van der Waals surface area (Å²) in [7, 11) is 0. The van der Waals surface area contributed by atoms with E-state index in [9.17, 15) is 22.0 Å². The van der Waals surface area contributed by atoms with Crippen LogP contribution < -0.4 is 0 Å². The molecule has 118 valence electrons. The molecule has 0 fully saturated rings. The molecule has 0 bridgehead atoms. The number of benzene rings is 1. The smallest absolute Gasteiger partial charge is 0.305 e. The molecule has 0 spiro atoms. The highest BCUT2D eigenvalue weighted by Gasteiger charge is 2.39. The van der Waals surface area contributed by atoms with Gasteiger partial charge in [-0.2, -0.15) is 13.2 Å². The van der Waals surface area contributed by atoms with Gasteiger partial charge in [0.25, 0.3) is 0 Å². The van der Waals surface area contributed by atoms with Crippen LogP contribution in [0.2, 0.25) is 0 Å². The van der Waals surface area contributed by atoms with Gasteiger partial charge in [-0.3, -0.25) is 4.90 Å². The molecule has 22 heavy (non-hydrogen) atoms. The molecule has 0 saturated carbocycles. The molecule has 0 unspecified atom stereocenters. The quantitative estimate of drug-likeness (QED) is 0.798. The maximum Gasteiger partial charge on any atom is 0.451 e. The molecule has 0 N–H and O–H groups in total. The largest absolute Gasteiger partial charge is 0.451 e. The Bertz CT molecular complexity index is 694. The van der Waals surface area contributed by atoms with Gasteiger partial charge in [-0.1, -0.05) is 6.07 Å². The molecule has 2 aromatic rings. The second-order valence-corrected chi connectivity index (χ2v) is 5.04. The van der Waals surface area contributed by atoms with Crippen molar-refractivity contribution in [1.29, 1.82) is 0 Å². The number of fused-ring (bicyclic) bond motifs is 1. The van der Waals surface area contributed by atoms with Gasteiger partial charge in [0.05, 0.1) is 6.54 Å². The first-order valence-corrected chi connectivity index (χ1v) is 6.50. The van der Waals surface area contributed by atoms with Crippen molar-refractivity contribution in [3.63, 3.8) is 0 Å². The summed E-state index contributed by atoms with van der Waals surface area (Å²) < 4.78 is 65.7. The average Bonchev–Trinajstić information content (AvgIpc) is 2.85. The van der Waals surface area contributed by atoms with Crippen molar-refractivity contribution in [2.75, 3.05) is 6.54 Å². The molecule has 0 radical (unpaired) electrons. The minimum absolute atomic E-state index is 0.0694. The standard InChI is InChI=1S/C13H11F5N4/c14-9-2-1-8(10(15)5-9)6-21-3-4-22-11(7-21)19-20-12(22)13(16,17)18/h1-2,5H,3-4,6-7H2. The van der Waals surface area contributed by atoms with Gasteiger partial charge >= 0.3 is 6.18 Å². The maximum absolute atomic E-state index is 13.6. The highest BCUT2D eigenvalue weighted by atomic mass is 19.4. The fourth-order valence-electron chi connectivity index (χ4n) is 2.44. The summed E-state index contributed by atoms with van der Waals surface area (Å²) in [6.07, 6.45) is -4.55. The average molecular weight is 318 g/mol. The van der Waals surface area contributed by atoms with E-state index in [0.717, 1.165) is 16.7 Å². The predicted octanol–water partition coefficient (Wildman–Crippen LogP) is 2.59. The van der Waals surface area contributed by atoms with Gasteiger partial charge in [-0.05, 0) is 6.07 Å². The van der Waals surface area contributed by atoms with E-state index in [2.05, 4.69) is 10.2 Å².